The summed E-state index contributed by atoms with van der Waals surface area (Å²) < 4.78 is 0. The molecule has 0 bridgehead atoms. The van der Waals surface area contributed by atoms with Crippen molar-refractivity contribution < 1.29 is 77.7 Å². The summed E-state index contributed by atoms with van der Waals surface area (Å²) >= 11 is 0. The van der Waals surface area contributed by atoms with Crippen molar-refractivity contribution in [2.24, 2.45) is 11.8 Å². The van der Waals surface area contributed by atoms with E-state index in [4.69, 9.17) is 46.0 Å². The number of aliphatic carboxylic acids is 2. The minimum absolute atomic E-state index is 0. The minimum Gasteiger partial charge on any atom is -0.553 e. The Morgan fingerprint density at radius 3 is 1.26 bits per heavy atom. The molecule has 0 rings (SSSR count). The summed E-state index contributed by atoms with van der Waals surface area (Å²) in [5.41, 5.74) is 0. The largest absolute Gasteiger partial charge is 4.00 e. The summed E-state index contributed by atoms with van der Waals surface area (Å²) in [4.78, 5) is 20.4. The average molecular weight is 441 g/mol. The third kappa shape index (κ3) is 10.9. The molecule has 0 aromatic heterocycles. The van der Waals surface area contributed by atoms with Crippen LogP contribution in [-0.2, 0) is 26.7 Å². The molecule has 0 heterocycles. The Bertz CT molecular complexity index is 385. The number of carbonyl (C=O) groups is 2. The van der Waals surface area contributed by atoms with Crippen LogP contribution in [0.2, 0.25) is 0 Å². The first-order valence-electron chi connectivity index (χ1n) is 7.23. The Kier molecular flexibility index (Phi) is 17.3. The van der Waals surface area contributed by atoms with Gasteiger partial charge in [-0.2, -0.15) is 0 Å². The molecule has 0 aromatic rings. The predicted octanol–water partition coefficient (Wildman–Crippen LogP) is -6.14. The van der Waals surface area contributed by atoms with E-state index in [1.807, 2.05) is 0 Å². The molecule has 0 aliphatic rings. The van der Waals surface area contributed by atoms with Crippen LogP contribution in [0.1, 0.15) is 0 Å². The van der Waals surface area contributed by atoms with Crippen LogP contribution in [0, 0.1) is 25.7 Å². The second kappa shape index (κ2) is 15.1. The summed E-state index contributed by atoms with van der Waals surface area (Å²) in [6.45, 7) is 4.54. The van der Waals surface area contributed by atoms with E-state index in [0.717, 1.165) is 0 Å². The Hall–Kier alpha value is -0.861. The summed E-state index contributed by atoms with van der Waals surface area (Å²) in [6.07, 6.45) is -10.1. The van der Waals surface area contributed by atoms with E-state index in [1.54, 1.807) is 0 Å². The SMILES string of the molecule is [CH2-][C@@H](C(=O)O)[C@@H](O)[C@H](O)[C@H](O)CO.[CH2-][C@@H](C(=O)[O-])[C@@H](O)[C@H](O)[C@H](O)CO.[Fe+4]. The van der Waals surface area contributed by atoms with Crippen molar-refractivity contribution in [1.29, 1.82) is 0 Å². The van der Waals surface area contributed by atoms with E-state index in [-0.39, 0.29) is 17.1 Å². The Morgan fingerprint density at radius 2 is 1.04 bits per heavy atom. The van der Waals surface area contributed by atoms with E-state index >= 15 is 0 Å². The smallest absolute Gasteiger partial charge is 0.553 e. The maximum absolute atomic E-state index is 10.3. The molecule has 27 heavy (non-hydrogen) atoms. The van der Waals surface area contributed by atoms with Crippen LogP contribution in [0.15, 0.2) is 0 Å². The number of rotatable bonds is 10. The standard InChI is InChI=1S/2C7H13O6.Fe/c2*1-3(7(12)13)5(10)6(11)4(9)2-8;/h2*3-6,8-11H,1-2H2,(H,12,13);/q2*-1;+4/p-1/t2*3-,4-,5-,6-;/m11./s1. The normalized spacial score (nSPS) is 19.6. The Labute approximate surface area is 165 Å². The first-order valence-corrected chi connectivity index (χ1v) is 7.23. The molecule has 160 valence electrons. The van der Waals surface area contributed by atoms with Gasteiger partial charge >= 0.3 is 17.1 Å². The maximum atomic E-state index is 10.3. The summed E-state index contributed by atoms with van der Waals surface area (Å²) in [5.74, 6) is -6.04. The van der Waals surface area contributed by atoms with Crippen molar-refractivity contribution in [2.45, 2.75) is 36.6 Å². The summed E-state index contributed by atoms with van der Waals surface area (Å²) in [5, 5.41) is 89.2. The molecule has 0 aliphatic carbocycles. The molecule has 0 amide bonds. The van der Waals surface area contributed by atoms with Crippen LogP contribution >= 0.6 is 0 Å². The van der Waals surface area contributed by atoms with Gasteiger partial charge in [-0.05, 0) is 5.92 Å². The monoisotopic (exact) mass is 441 g/mol. The number of aliphatic hydroxyl groups is 8. The fourth-order valence-electron chi connectivity index (χ4n) is 1.43. The molecule has 0 saturated heterocycles. The van der Waals surface area contributed by atoms with Gasteiger partial charge in [0, 0.05) is 5.97 Å². The van der Waals surface area contributed by atoms with Gasteiger partial charge in [0.15, 0.2) is 0 Å². The third-order valence-corrected chi connectivity index (χ3v) is 3.31. The molecular weight excluding hydrogens is 416 g/mol. The Balaban J connectivity index is -0.000000411. The zero-order valence-electron chi connectivity index (χ0n) is 14.1. The van der Waals surface area contributed by atoms with E-state index < -0.39 is 73.6 Å². The molecule has 9 N–H and O–H groups in total. The van der Waals surface area contributed by atoms with Gasteiger partial charge in [-0.15, -0.1) is 0 Å². The zero-order valence-corrected chi connectivity index (χ0v) is 15.2. The van der Waals surface area contributed by atoms with E-state index in [2.05, 4.69) is 13.8 Å². The van der Waals surface area contributed by atoms with E-state index in [9.17, 15) is 14.7 Å². The van der Waals surface area contributed by atoms with Crippen LogP contribution in [0.25, 0.3) is 0 Å². The molecule has 0 spiro atoms. The Morgan fingerprint density at radius 1 is 0.741 bits per heavy atom. The third-order valence-electron chi connectivity index (χ3n) is 3.31. The van der Waals surface area contributed by atoms with Crippen molar-refractivity contribution >= 4 is 11.9 Å². The first kappa shape index (κ1) is 30.9. The van der Waals surface area contributed by atoms with Crippen LogP contribution in [-0.4, -0.2) is 108 Å². The number of carboxylic acid groups (broad SMARTS) is 2. The van der Waals surface area contributed by atoms with Crippen LogP contribution in [0.3, 0.4) is 0 Å². The topological polar surface area (TPSA) is 239 Å². The molecule has 0 saturated carbocycles. The first-order chi connectivity index (χ1) is 11.8. The molecule has 12 nitrogen and oxygen atoms in total. The van der Waals surface area contributed by atoms with Crippen molar-refractivity contribution in [1.82, 2.24) is 0 Å². The second-order valence-electron chi connectivity index (χ2n) is 5.33. The minimum atomic E-state index is -1.77. The van der Waals surface area contributed by atoms with Gasteiger partial charge in [-0.1, -0.05) is 5.92 Å². The number of hydrogen-bond donors (Lipinski definition) is 9. The quantitative estimate of drug-likeness (QED) is 0.114. The summed E-state index contributed by atoms with van der Waals surface area (Å²) in [6, 6.07) is 0. The number of hydrogen-bond acceptors (Lipinski definition) is 11. The van der Waals surface area contributed by atoms with Gasteiger partial charge in [0.25, 0.3) is 5.97 Å². The van der Waals surface area contributed by atoms with E-state index in [0.29, 0.717) is 0 Å². The van der Waals surface area contributed by atoms with Crippen LogP contribution in [0.5, 0.6) is 0 Å². The zero-order chi connectivity index (χ0) is 21.2. The van der Waals surface area contributed by atoms with Crippen LogP contribution in [0.4, 0.5) is 0 Å². The number of aliphatic hydroxyl groups excluding tert-OH is 8. The van der Waals surface area contributed by atoms with Gasteiger partial charge in [-0.3, -0.25) is 4.79 Å². The van der Waals surface area contributed by atoms with Gasteiger partial charge in [0.1, 0.15) is 24.4 Å². The van der Waals surface area contributed by atoms with E-state index in [1.165, 1.54) is 0 Å². The van der Waals surface area contributed by atoms with Gasteiger partial charge in [-0.25, -0.2) is 0 Å². The van der Waals surface area contributed by atoms with Crippen molar-refractivity contribution in [3.8, 4) is 0 Å². The van der Waals surface area contributed by atoms with Crippen LogP contribution < -0.4 is 5.11 Å². The molecule has 8 atom stereocenters. The molecule has 0 fully saturated rings. The van der Waals surface area contributed by atoms with Crippen molar-refractivity contribution in [3.05, 3.63) is 13.8 Å². The van der Waals surface area contributed by atoms with Gasteiger partial charge in [0.2, 0.25) is 0 Å². The molecule has 13 heteroatoms. The molecular formula is C14H25FeO12+. The van der Waals surface area contributed by atoms with Crippen molar-refractivity contribution in [3.63, 3.8) is 0 Å². The molecule has 0 aromatic carbocycles. The second-order valence-corrected chi connectivity index (χ2v) is 5.33. The predicted molar refractivity (Wildman–Crippen MR) is 80.5 cm³/mol. The maximum Gasteiger partial charge on any atom is 4.00 e. The fraction of sp³-hybridized carbons (Fsp3) is 0.714. The number of carbonyl (C=O) groups excluding carboxylic acids is 1. The average Bonchev–Trinajstić information content (AvgIpc) is 2.62. The van der Waals surface area contributed by atoms with Crippen molar-refractivity contribution in [2.75, 3.05) is 13.2 Å². The summed E-state index contributed by atoms with van der Waals surface area (Å²) in [7, 11) is 0. The molecule has 0 radical (unpaired) electrons. The fourth-order valence-corrected chi connectivity index (χ4v) is 1.43. The molecule has 0 aliphatic heterocycles. The number of carboxylic acids is 2. The van der Waals surface area contributed by atoms with Gasteiger partial charge < -0.3 is 69.7 Å². The molecule has 0 unspecified atom stereocenters. The van der Waals surface area contributed by atoms with Gasteiger partial charge in [0.05, 0.1) is 25.4 Å².